The molecule has 0 atom stereocenters. The predicted molar refractivity (Wildman–Crippen MR) is 76.7 cm³/mol. The van der Waals surface area contributed by atoms with Crippen LogP contribution in [0.1, 0.15) is 54.9 Å². The van der Waals surface area contributed by atoms with Crippen molar-refractivity contribution < 1.29 is 4.79 Å². The number of carbonyl (C=O) groups excluding carboxylic acids is 1. The minimum absolute atomic E-state index is 0.490. The van der Waals surface area contributed by atoms with Crippen molar-refractivity contribution in [2.24, 2.45) is 5.41 Å². The van der Waals surface area contributed by atoms with E-state index >= 15 is 0 Å². The molecule has 0 spiro atoms. The maximum Gasteiger partial charge on any atom is 0.186 e. The average molecular weight is 266 g/mol. The lowest BCUT2D eigenvalue weighted by atomic mass is 9.75. The molecule has 2 rings (SSSR count). The van der Waals surface area contributed by atoms with Crippen LogP contribution in [0.3, 0.4) is 0 Å². The zero-order valence-electron chi connectivity index (χ0n) is 11.7. The van der Waals surface area contributed by atoms with Gasteiger partial charge in [0.05, 0.1) is 10.6 Å². The molecule has 1 aliphatic carbocycles. The van der Waals surface area contributed by atoms with E-state index in [2.05, 4.69) is 30.8 Å². The van der Waals surface area contributed by atoms with E-state index in [4.69, 9.17) is 0 Å². The Morgan fingerprint density at radius 2 is 2.00 bits per heavy atom. The smallest absolute Gasteiger partial charge is 0.186 e. The van der Waals surface area contributed by atoms with Gasteiger partial charge in [-0.1, -0.05) is 25.2 Å². The normalized spacial score (nSPS) is 19.8. The number of aldehydes is 1. The van der Waals surface area contributed by atoms with Gasteiger partial charge in [0, 0.05) is 13.1 Å². The van der Waals surface area contributed by atoms with Gasteiger partial charge in [0.1, 0.15) is 0 Å². The molecule has 1 aromatic rings. The molecule has 0 bridgehead atoms. The number of hydrogen-bond donors (Lipinski definition) is 0. The minimum atomic E-state index is 0.490. The van der Waals surface area contributed by atoms with Crippen LogP contribution in [0.2, 0.25) is 0 Å². The molecule has 0 aliphatic heterocycles. The average Bonchev–Trinajstić information content (AvgIpc) is 2.69. The number of hydrogen-bond acceptors (Lipinski definition) is 4. The first-order valence-electron chi connectivity index (χ1n) is 6.58. The van der Waals surface area contributed by atoms with Crippen LogP contribution in [0.4, 0.5) is 5.13 Å². The van der Waals surface area contributed by atoms with E-state index in [0.29, 0.717) is 11.5 Å². The predicted octanol–water partition coefficient (Wildman–Crippen LogP) is 3.67. The summed E-state index contributed by atoms with van der Waals surface area (Å²) >= 11 is 1.51. The first-order valence-corrected chi connectivity index (χ1v) is 7.40. The molecule has 4 heteroatoms. The first kappa shape index (κ1) is 13.5. The fourth-order valence-corrected chi connectivity index (χ4v) is 3.50. The van der Waals surface area contributed by atoms with Gasteiger partial charge < -0.3 is 4.90 Å². The fraction of sp³-hybridized carbons (Fsp3) is 0.714. The molecular weight excluding hydrogens is 244 g/mol. The summed E-state index contributed by atoms with van der Waals surface area (Å²) in [5, 5.41) is 0.985. The molecule has 3 nitrogen and oxygen atoms in total. The van der Waals surface area contributed by atoms with Crippen molar-refractivity contribution in [1.82, 2.24) is 4.98 Å². The standard InChI is InChI=1S/C14H22N2OS/c1-10-12(9-17)18-13(15-10)16(4)11-5-7-14(2,3)8-6-11/h9,11H,5-8H2,1-4H3. The number of carbonyl (C=O) groups is 1. The van der Waals surface area contributed by atoms with Crippen molar-refractivity contribution in [2.75, 3.05) is 11.9 Å². The molecule has 0 amide bonds. The van der Waals surface area contributed by atoms with Crippen LogP contribution < -0.4 is 4.90 Å². The maximum absolute atomic E-state index is 10.9. The molecule has 0 radical (unpaired) electrons. The minimum Gasteiger partial charge on any atom is -0.348 e. The Morgan fingerprint density at radius 1 is 1.39 bits per heavy atom. The topological polar surface area (TPSA) is 33.2 Å². The highest BCUT2D eigenvalue weighted by atomic mass is 32.1. The zero-order valence-corrected chi connectivity index (χ0v) is 12.5. The fourth-order valence-electron chi connectivity index (χ4n) is 2.58. The Labute approximate surface area is 113 Å². The third-order valence-corrected chi connectivity index (χ3v) is 5.26. The van der Waals surface area contributed by atoms with Gasteiger partial charge in [0.2, 0.25) is 0 Å². The van der Waals surface area contributed by atoms with E-state index in [1.165, 1.54) is 37.0 Å². The molecule has 0 aromatic carbocycles. The molecule has 1 fully saturated rings. The Bertz CT molecular complexity index is 429. The summed E-state index contributed by atoms with van der Waals surface area (Å²) < 4.78 is 0. The molecule has 1 aromatic heterocycles. The number of aromatic nitrogens is 1. The van der Waals surface area contributed by atoms with Crippen LogP contribution in [0.5, 0.6) is 0 Å². The van der Waals surface area contributed by atoms with E-state index in [9.17, 15) is 4.79 Å². The van der Waals surface area contributed by atoms with Crippen molar-refractivity contribution in [3.05, 3.63) is 10.6 Å². The van der Waals surface area contributed by atoms with Gasteiger partial charge in [-0.3, -0.25) is 4.79 Å². The highest BCUT2D eigenvalue weighted by Crippen LogP contribution is 2.38. The second kappa shape index (κ2) is 5.00. The Balaban J connectivity index is 2.07. The lowest BCUT2D eigenvalue weighted by molar-refractivity contribution is 0.112. The van der Waals surface area contributed by atoms with Gasteiger partial charge in [-0.15, -0.1) is 0 Å². The van der Waals surface area contributed by atoms with Gasteiger partial charge in [0.15, 0.2) is 11.4 Å². The van der Waals surface area contributed by atoms with E-state index in [0.717, 1.165) is 22.0 Å². The Hall–Kier alpha value is -0.900. The van der Waals surface area contributed by atoms with Crippen molar-refractivity contribution in [3.63, 3.8) is 0 Å². The maximum atomic E-state index is 10.9. The lowest BCUT2D eigenvalue weighted by Crippen LogP contribution is -2.37. The molecule has 1 aliphatic rings. The summed E-state index contributed by atoms with van der Waals surface area (Å²) in [5.41, 5.74) is 1.34. The van der Waals surface area contributed by atoms with E-state index in [1.807, 2.05) is 6.92 Å². The van der Waals surface area contributed by atoms with Crippen LogP contribution in [0, 0.1) is 12.3 Å². The van der Waals surface area contributed by atoms with Crippen LogP contribution in [0.25, 0.3) is 0 Å². The number of aryl methyl sites for hydroxylation is 1. The molecule has 0 saturated heterocycles. The first-order chi connectivity index (χ1) is 8.43. The molecule has 18 heavy (non-hydrogen) atoms. The van der Waals surface area contributed by atoms with Gasteiger partial charge in [0.25, 0.3) is 0 Å². The van der Waals surface area contributed by atoms with E-state index < -0.39 is 0 Å². The van der Waals surface area contributed by atoms with Crippen LogP contribution in [0.15, 0.2) is 0 Å². The zero-order chi connectivity index (χ0) is 13.3. The summed E-state index contributed by atoms with van der Waals surface area (Å²) in [5.74, 6) is 0. The molecule has 1 saturated carbocycles. The number of rotatable bonds is 3. The number of nitrogens with zero attached hydrogens (tertiary/aromatic N) is 2. The number of thiazole rings is 1. The van der Waals surface area contributed by atoms with Crippen molar-refractivity contribution in [3.8, 4) is 0 Å². The second-order valence-electron chi connectivity index (χ2n) is 6.07. The SMILES string of the molecule is Cc1nc(N(C)C2CCC(C)(C)CC2)sc1C=O. The highest BCUT2D eigenvalue weighted by Gasteiger charge is 2.29. The van der Waals surface area contributed by atoms with Crippen molar-refractivity contribution in [1.29, 1.82) is 0 Å². The number of anilines is 1. The quantitative estimate of drug-likeness (QED) is 0.783. The van der Waals surface area contributed by atoms with Crippen molar-refractivity contribution in [2.45, 2.75) is 52.5 Å². The van der Waals surface area contributed by atoms with Gasteiger partial charge in [-0.05, 0) is 38.0 Å². The molecular formula is C14H22N2OS. The molecule has 0 N–H and O–H groups in total. The third kappa shape index (κ3) is 2.74. The molecule has 100 valence electrons. The Morgan fingerprint density at radius 3 is 2.50 bits per heavy atom. The van der Waals surface area contributed by atoms with Gasteiger partial charge >= 0.3 is 0 Å². The lowest BCUT2D eigenvalue weighted by Gasteiger charge is -2.38. The van der Waals surface area contributed by atoms with Gasteiger partial charge in [-0.25, -0.2) is 4.98 Å². The van der Waals surface area contributed by atoms with Crippen LogP contribution in [-0.2, 0) is 0 Å². The molecule has 1 heterocycles. The summed E-state index contributed by atoms with van der Waals surface area (Å²) in [4.78, 5) is 18.4. The van der Waals surface area contributed by atoms with Crippen LogP contribution in [-0.4, -0.2) is 24.4 Å². The summed E-state index contributed by atoms with van der Waals surface area (Å²) in [6.45, 7) is 6.60. The van der Waals surface area contributed by atoms with E-state index in [-0.39, 0.29) is 0 Å². The summed E-state index contributed by atoms with van der Waals surface area (Å²) in [6, 6.07) is 0.572. The second-order valence-corrected chi connectivity index (χ2v) is 7.08. The molecule has 0 unspecified atom stereocenters. The highest BCUT2D eigenvalue weighted by molar-refractivity contribution is 7.17. The monoisotopic (exact) mass is 266 g/mol. The van der Waals surface area contributed by atoms with Gasteiger partial charge in [-0.2, -0.15) is 0 Å². The van der Waals surface area contributed by atoms with Crippen molar-refractivity contribution >= 4 is 22.8 Å². The van der Waals surface area contributed by atoms with E-state index in [1.54, 1.807) is 0 Å². The summed E-state index contributed by atoms with van der Waals surface area (Å²) in [7, 11) is 2.11. The third-order valence-electron chi connectivity index (χ3n) is 4.09. The Kier molecular flexibility index (Phi) is 3.76. The summed E-state index contributed by atoms with van der Waals surface area (Å²) in [6.07, 6.45) is 5.89. The largest absolute Gasteiger partial charge is 0.348 e. The van der Waals surface area contributed by atoms with Crippen LogP contribution >= 0.6 is 11.3 Å².